The third-order valence-corrected chi connectivity index (χ3v) is 4.26. The van der Waals surface area contributed by atoms with Crippen molar-refractivity contribution in [3.8, 4) is 5.75 Å². The van der Waals surface area contributed by atoms with Crippen LogP contribution in [0.3, 0.4) is 0 Å². The van der Waals surface area contributed by atoms with Crippen molar-refractivity contribution in [2.45, 2.75) is 13.3 Å². The van der Waals surface area contributed by atoms with Crippen molar-refractivity contribution < 1.29 is 14.3 Å². The Kier molecular flexibility index (Phi) is 5.55. The highest BCUT2D eigenvalue weighted by molar-refractivity contribution is 7.14. The Labute approximate surface area is 133 Å². The molecule has 116 valence electrons. The van der Waals surface area contributed by atoms with Gasteiger partial charge in [-0.1, -0.05) is 0 Å². The Morgan fingerprint density at radius 1 is 1.14 bits per heavy atom. The van der Waals surface area contributed by atoms with E-state index >= 15 is 0 Å². The Morgan fingerprint density at radius 3 is 2.45 bits per heavy atom. The number of carbonyl (C=O) groups is 2. The molecule has 1 heterocycles. The maximum atomic E-state index is 11.8. The highest BCUT2D eigenvalue weighted by Gasteiger charge is 2.05. The quantitative estimate of drug-likeness (QED) is 0.803. The number of hydrogen-bond acceptors (Lipinski definition) is 4. The number of urea groups is 1. The molecular weight excluding hydrogens is 300 g/mol. The molecule has 2 N–H and O–H groups in total. The van der Waals surface area contributed by atoms with Gasteiger partial charge in [0.25, 0.3) is 0 Å². The number of thiophene rings is 1. The summed E-state index contributed by atoms with van der Waals surface area (Å²) in [6, 6.07) is 10.6. The molecule has 0 saturated heterocycles. The van der Waals surface area contributed by atoms with E-state index in [0.717, 1.165) is 15.5 Å². The third-order valence-electron chi connectivity index (χ3n) is 3.01. The maximum Gasteiger partial charge on any atom is 0.319 e. The highest BCUT2D eigenvalue weighted by atomic mass is 32.1. The summed E-state index contributed by atoms with van der Waals surface area (Å²) in [4.78, 5) is 24.8. The van der Waals surface area contributed by atoms with Gasteiger partial charge in [0.15, 0.2) is 5.78 Å². The second kappa shape index (κ2) is 7.61. The number of carbonyl (C=O) groups excluding carboxylic acids is 2. The number of ketones is 1. The fourth-order valence-corrected chi connectivity index (χ4v) is 2.75. The largest absolute Gasteiger partial charge is 0.497 e. The third kappa shape index (κ3) is 4.60. The number of nitrogens with one attached hydrogen (secondary N) is 2. The minimum absolute atomic E-state index is 0.0708. The molecule has 0 aliphatic rings. The van der Waals surface area contributed by atoms with Crippen LogP contribution >= 0.6 is 11.3 Å². The van der Waals surface area contributed by atoms with Gasteiger partial charge in [-0.3, -0.25) is 4.79 Å². The average Bonchev–Trinajstić information content (AvgIpc) is 2.97. The van der Waals surface area contributed by atoms with Gasteiger partial charge >= 0.3 is 6.03 Å². The highest BCUT2D eigenvalue weighted by Crippen LogP contribution is 2.17. The zero-order valence-electron chi connectivity index (χ0n) is 12.5. The van der Waals surface area contributed by atoms with Gasteiger partial charge in [0.05, 0.1) is 12.0 Å². The number of Topliss-reactive ketones (excluding diaryl/α,β-unsaturated/α-hetero) is 1. The molecule has 0 atom stereocenters. The van der Waals surface area contributed by atoms with Gasteiger partial charge in [0, 0.05) is 17.1 Å². The van der Waals surface area contributed by atoms with Crippen molar-refractivity contribution in [2.75, 3.05) is 19.0 Å². The van der Waals surface area contributed by atoms with Gasteiger partial charge in [0.1, 0.15) is 5.75 Å². The SMILES string of the molecule is COc1ccc(NC(=O)NCCc2ccc(C(C)=O)s2)cc1. The summed E-state index contributed by atoms with van der Waals surface area (Å²) in [7, 11) is 1.59. The van der Waals surface area contributed by atoms with Crippen LogP contribution in [0.4, 0.5) is 10.5 Å². The normalized spacial score (nSPS) is 10.1. The minimum atomic E-state index is -0.256. The second-order valence-corrected chi connectivity index (χ2v) is 5.85. The molecule has 1 aromatic carbocycles. The fourth-order valence-electron chi connectivity index (χ4n) is 1.85. The molecule has 1 aromatic heterocycles. The van der Waals surface area contributed by atoms with Crippen LogP contribution in [0, 0.1) is 0 Å². The van der Waals surface area contributed by atoms with Crippen molar-refractivity contribution in [1.82, 2.24) is 5.32 Å². The van der Waals surface area contributed by atoms with E-state index in [1.165, 1.54) is 11.3 Å². The van der Waals surface area contributed by atoms with Gasteiger partial charge in [-0.15, -0.1) is 11.3 Å². The van der Waals surface area contributed by atoms with Crippen molar-refractivity contribution in [3.05, 3.63) is 46.2 Å². The van der Waals surface area contributed by atoms with Gasteiger partial charge in [-0.05, 0) is 49.7 Å². The molecule has 0 aliphatic heterocycles. The summed E-state index contributed by atoms with van der Waals surface area (Å²) >= 11 is 1.47. The molecule has 2 aromatic rings. The first-order valence-corrected chi connectivity index (χ1v) is 7.68. The number of benzene rings is 1. The standard InChI is InChI=1S/C16H18N2O3S/c1-11(19)15-8-7-14(22-15)9-10-17-16(20)18-12-3-5-13(21-2)6-4-12/h3-8H,9-10H2,1-2H3,(H2,17,18,20). The smallest absolute Gasteiger partial charge is 0.319 e. The number of methoxy groups -OCH3 is 1. The summed E-state index contributed by atoms with van der Waals surface area (Å²) < 4.78 is 5.06. The summed E-state index contributed by atoms with van der Waals surface area (Å²) in [5.74, 6) is 0.811. The van der Waals surface area contributed by atoms with Gasteiger partial charge in [-0.25, -0.2) is 4.79 Å². The minimum Gasteiger partial charge on any atom is -0.497 e. The number of rotatable bonds is 6. The predicted molar refractivity (Wildman–Crippen MR) is 88.0 cm³/mol. The first-order valence-electron chi connectivity index (χ1n) is 6.87. The van der Waals surface area contributed by atoms with E-state index in [0.29, 0.717) is 18.7 Å². The molecular formula is C16H18N2O3S. The number of anilines is 1. The van der Waals surface area contributed by atoms with E-state index in [2.05, 4.69) is 10.6 Å². The van der Waals surface area contributed by atoms with Crippen LogP contribution in [0.5, 0.6) is 5.75 Å². The van der Waals surface area contributed by atoms with Crippen LogP contribution < -0.4 is 15.4 Å². The van der Waals surface area contributed by atoms with Crippen molar-refractivity contribution in [1.29, 1.82) is 0 Å². The van der Waals surface area contributed by atoms with Crippen molar-refractivity contribution in [3.63, 3.8) is 0 Å². The van der Waals surface area contributed by atoms with Crippen LogP contribution in [0.1, 0.15) is 21.5 Å². The lowest BCUT2D eigenvalue weighted by molar-refractivity contribution is 0.102. The van der Waals surface area contributed by atoms with Crippen LogP contribution in [0.15, 0.2) is 36.4 Å². The van der Waals surface area contributed by atoms with Crippen molar-refractivity contribution >= 4 is 28.8 Å². The Bertz CT molecular complexity index is 650. The lowest BCUT2D eigenvalue weighted by Gasteiger charge is -2.07. The second-order valence-electron chi connectivity index (χ2n) is 4.68. The summed E-state index contributed by atoms with van der Waals surface area (Å²) in [5.41, 5.74) is 0.702. The van der Waals surface area contributed by atoms with Gasteiger partial charge in [-0.2, -0.15) is 0 Å². The molecule has 5 nitrogen and oxygen atoms in total. The van der Waals surface area contributed by atoms with Crippen LogP contribution in [-0.4, -0.2) is 25.5 Å². The number of amides is 2. The molecule has 0 spiro atoms. The summed E-state index contributed by atoms with van der Waals surface area (Å²) in [5, 5.41) is 5.53. The van der Waals surface area contributed by atoms with Crippen LogP contribution in [0.25, 0.3) is 0 Å². The molecule has 0 fully saturated rings. The van der Waals surface area contributed by atoms with Crippen LogP contribution in [0.2, 0.25) is 0 Å². The first kappa shape index (κ1) is 16.0. The zero-order chi connectivity index (χ0) is 15.9. The van der Waals surface area contributed by atoms with E-state index in [9.17, 15) is 9.59 Å². The molecule has 0 unspecified atom stereocenters. The molecule has 0 radical (unpaired) electrons. The zero-order valence-corrected chi connectivity index (χ0v) is 13.3. The Morgan fingerprint density at radius 2 is 1.86 bits per heavy atom. The van der Waals surface area contributed by atoms with Crippen molar-refractivity contribution in [2.24, 2.45) is 0 Å². The van der Waals surface area contributed by atoms with Gasteiger partial charge < -0.3 is 15.4 Å². The maximum absolute atomic E-state index is 11.8. The molecule has 2 rings (SSSR count). The van der Waals surface area contributed by atoms with E-state index < -0.39 is 0 Å². The lowest BCUT2D eigenvalue weighted by Crippen LogP contribution is -2.30. The lowest BCUT2D eigenvalue weighted by atomic mass is 10.3. The van der Waals surface area contributed by atoms with E-state index in [-0.39, 0.29) is 11.8 Å². The predicted octanol–water partition coefficient (Wildman–Crippen LogP) is 3.32. The fraction of sp³-hybridized carbons (Fsp3) is 0.250. The average molecular weight is 318 g/mol. The van der Waals surface area contributed by atoms with E-state index in [1.54, 1.807) is 38.3 Å². The Hall–Kier alpha value is -2.34. The molecule has 0 bridgehead atoms. The molecule has 6 heteroatoms. The van der Waals surface area contributed by atoms with E-state index in [4.69, 9.17) is 4.74 Å². The van der Waals surface area contributed by atoms with Crippen LogP contribution in [-0.2, 0) is 6.42 Å². The summed E-state index contributed by atoms with van der Waals surface area (Å²) in [6.45, 7) is 2.07. The monoisotopic (exact) mass is 318 g/mol. The van der Waals surface area contributed by atoms with E-state index in [1.807, 2.05) is 12.1 Å². The molecule has 0 saturated carbocycles. The summed E-state index contributed by atoms with van der Waals surface area (Å²) in [6.07, 6.45) is 0.702. The topological polar surface area (TPSA) is 67.4 Å². The number of hydrogen-bond donors (Lipinski definition) is 2. The first-order chi connectivity index (χ1) is 10.6. The molecule has 0 aliphatic carbocycles. The molecule has 2 amide bonds. The Balaban J connectivity index is 1.76. The van der Waals surface area contributed by atoms with Gasteiger partial charge in [0.2, 0.25) is 0 Å². The number of ether oxygens (including phenoxy) is 1. The molecule has 22 heavy (non-hydrogen) atoms.